The predicted molar refractivity (Wildman–Crippen MR) is 87.2 cm³/mol. The summed E-state index contributed by atoms with van der Waals surface area (Å²) < 4.78 is 41.8. The lowest BCUT2D eigenvalue weighted by Gasteiger charge is -2.12. The number of alkyl halides is 3. The number of amides is 1. The standard InChI is InChI=1S/C15H18F3N3O2S/c1-8(2)5-10(19)13(22)21-14-20-11-4-3-9(6-12(11)24-14)23-7-15(16,17)18/h3-4,6,8,10H,5,7,19H2,1-2H3,(H,20,21,22)/t10-/m0/s1. The topological polar surface area (TPSA) is 77.2 Å². The Hall–Kier alpha value is -1.87. The highest BCUT2D eigenvalue weighted by Gasteiger charge is 2.28. The molecule has 0 aliphatic rings. The highest BCUT2D eigenvalue weighted by Crippen LogP contribution is 2.30. The van der Waals surface area contributed by atoms with Gasteiger partial charge in [-0.1, -0.05) is 25.2 Å². The van der Waals surface area contributed by atoms with Crippen LogP contribution in [0.4, 0.5) is 18.3 Å². The summed E-state index contributed by atoms with van der Waals surface area (Å²) in [7, 11) is 0. The maximum absolute atomic E-state index is 12.2. The van der Waals surface area contributed by atoms with Crippen LogP contribution in [-0.2, 0) is 4.79 Å². The van der Waals surface area contributed by atoms with E-state index < -0.39 is 18.8 Å². The molecule has 2 rings (SSSR count). The molecule has 0 fully saturated rings. The molecule has 1 atom stereocenters. The van der Waals surface area contributed by atoms with Crippen LogP contribution in [0.5, 0.6) is 5.75 Å². The van der Waals surface area contributed by atoms with Crippen molar-refractivity contribution in [2.75, 3.05) is 11.9 Å². The summed E-state index contributed by atoms with van der Waals surface area (Å²) >= 11 is 1.15. The Balaban J connectivity index is 2.06. The number of ether oxygens (including phenoxy) is 1. The highest BCUT2D eigenvalue weighted by molar-refractivity contribution is 7.22. The van der Waals surface area contributed by atoms with Crippen LogP contribution in [0.3, 0.4) is 0 Å². The molecule has 1 aromatic heterocycles. The van der Waals surface area contributed by atoms with Crippen molar-refractivity contribution in [2.45, 2.75) is 32.5 Å². The Bertz CT molecular complexity index is 716. The minimum atomic E-state index is -4.39. The first-order chi connectivity index (χ1) is 11.1. The van der Waals surface area contributed by atoms with Gasteiger partial charge in [0.1, 0.15) is 5.75 Å². The zero-order valence-corrected chi connectivity index (χ0v) is 14.0. The number of carbonyl (C=O) groups is 1. The lowest BCUT2D eigenvalue weighted by atomic mass is 10.0. The second kappa shape index (κ2) is 7.35. The van der Waals surface area contributed by atoms with Crippen molar-refractivity contribution < 1.29 is 22.7 Å². The number of aromatic nitrogens is 1. The summed E-state index contributed by atoms with van der Waals surface area (Å²) in [5.41, 5.74) is 6.37. The summed E-state index contributed by atoms with van der Waals surface area (Å²) in [4.78, 5) is 16.2. The molecular weight excluding hydrogens is 343 g/mol. The van der Waals surface area contributed by atoms with Crippen molar-refractivity contribution in [3.63, 3.8) is 0 Å². The summed E-state index contributed by atoms with van der Waals surface area (Å²) in [6.45, 7) is 2.57. The van der Waals surface area contributed by atoms with Crippen molar-refractivity contribution in [1.82, 2.24) is 4.98 Å². The molecule has 3 N–H and O–H groups in total. The minimum absolute atomic E-state index is 0.0952. The van der Waals surface area contributed by atoms with Gasteiger partial charge in [-0.3, -0.25) is 4.79 Å². The number of carbonyl (C=O) groups excluding carboxylic acids is 1. The monoisotopic (exact) mass is 361 g/mol. The van der Waals surface area contributed by atoms with Crippen LogP contribution in [0.1, 0.15) is 20.3 Å². The van der Waals surface area contributed by atoms with E-state index in [0.717, 1.165) is 11.3 Å². The van der Waals surface area contributed by atoms with E-state index in [2.05, 4.69) is 10.3 Å². The molecule has 5 nitrogen and oxygen atoms in total. The van der Waals surface area contributed by atoms with Gasteiger partial charge in [-0.05, 0) is 30.5 Å². The molecule has 132 valence electrons. The van der Waals surface area contributed by atoms with Gasteiger partial charge in [0, 0.05) is 0 Å². The molecular formula is C15H18F3N3O2S. The van der Waals surface area contributed by atoms with E-state index in [0.29, 0.717) is 21.8 Å². The first-order valence-electron chi connectivity index (χ1n) is 7.30. The van der Waals surface area contributed by atoms with Gasteiger partial charge in [-0.25, -0.2) is 4.98 Å². The fraction of sp³-hybridized carbons (Fsp3) is 0.467. The van der Waals surface area contributed by atoms with Gasteiger partial charge in [0.25, 0.3) is 0 Å². The Morgan fingerprint density at radius 1 is 1.42 bits per heavy atom. The van der Waals surface area contributed by atoms with Crippen LogP contribution in [-0.4, -0.2) is 29.7 Å². The van der Waals surface area contributed by atoms with Crippen LogP contribution >= 0.6 is 11.3 Å². The second-order valence-corrected chi connectivity index (χ2v) is 6.81. The maximum Gasteiger partial charge on any atom is 0.422 e. The van der Waals surface area contributed by atoms with Crippen LogP contribution in [0.15, 0.2) is 18.2 Å². The van der Waals surface area contributed by atoms with E-state index in [1.807, 2.05) is 13.8 Å². The Labute approximate surface area is 141 Å². The van der Waals surface area contributed by atoms with E-state index in [4.69, 9.17) is 10.5 Å². The molecule has 0 saturated carbocycles. The van der Waals surface area contributed by atoms with E-state index >= 15 is 0 Å². The third-order valence-electron chi connectivity index (χ3n) is 3.05. The number of benzene rings is 1. The van der Waals surface area contributed by atoms with Crippen LogP contribution in [0.2, 0.25) is 0 Å². The number of nitrogens with zero attached hydrogens (tertiary/aromatic N) is 1. The Kier molecular flexibility index (Phi) is 5.66. The molecule has 0 spiro atoms. The summed E-state index contributed by atoms with van der Waals surface area (Å²) in [5.74, 6) is 0.0450. The molecule has 24 heavy (non-hydrogen) atoms. The molecule has 0 unspecified atom stereocenters. The van der Waals surface area contributed by atoms with Crippen LogP contribution in [0.25, 0.3) is 10.2 Å². The molecule has 0 aliphatic carbocycles. The number of halogens is 3. The molecule has 1 heterocycles. The second-order valence-electron chi connectivity index (χ2n) is 5.78. The lowest BCUT2D eigenvalue weighted by Crippen LogP contribution is -2.36. The van der Waals surface area contributed by atoms with E-state index in [-0.39, 0.29) is 17.6 Å². The van der Waals surface area contributed by atoms with Crippen molar-refractivity contribution in [3.8, 4) is 5.75 Å². The number of hydrogen-bond donors (Lipinski definition) is 2. The van der Waals surface area contributed by atoms with Crippen LogP contribution in [0, 0.1) is 5.92 Å². The molecule has 1 amide bonds. The maximum atomic E-state index is 12.2. The average molecular weight is 361 g/mol. The molecule has 1 aromatic carbocycles. The molecule has 2 aromatic rings. The first-order valence-corrected chi connectivity index (χ1v) is 8.12. The largest absolute Gasteiger partial charge is 0.484 e. The fourth-order valence-electron chi connectivity index (χ4n) is 2.03. The van der Waals surface area contributed by atoms with Gasteiger partial charge >= 0.3 is 6.18 Å². The van der Waals surface area contributed by atoms with Gasteiger partial charge in [-0.15, -0.1) is 0 Å². The van der Waals surface area contributed by atoms with Crippen molar-refractivity contribution in [2.24, 2.45) is 11.7 Å². The summed E-state index contributed by atoms with van der Waals surface area (Å²) in [6.07, 6.45) is -3.85. The molecule has 0 aliphatic heterocycles. The number of anilines is 1. The third kappa shape index (κ3) is 5.34. The van der Waals surface area contributed by atoms with Gasteiger partial charge in [0.05, 0.1) is 16.3 Å². The zero-order chi connectivity index (χ0) is 17.9. The van der Waals surface area contributed by atoms with Crippen LogP contribution < -0.4 is 15.8 Å². The lowest BCUT2D eigenvalue weighted by molar-refractivity contribution is -0.153. The SMILES string of the molecule is CC(C)C[C@H](N)C(=O)Nc1nc2ccc(OCC(F)(F)F)cc2s1. The molecule has 9 heteroatoms. The van der Waals surface area contributed by atoms with Crippen molar-refractivity contribution in [3.05, 3.63) is 18.2 Å². The van der Waals surface area contributed by atoms with Crippen molar-refractivity contribution in [1.29, 1.82) is 0 Å². The smallest absolute Gasteiger partial charge is 0.422 e. The molecule has 0 saturated heterocycles. The minimum Gasteiger partial charge on any atom is -0.484 e. The van der Waals surface area contributed by atoms with Crippen molar-refractivity contribution >= 4 is 32.6 Å². The quantitative estimate of drug-likeness (QED) is 0.825. The number of fused-ring (bicyclic) bond motifs is 1. The Morgan fingerprint density at radius 2 is 2.12 bits per heavy atom. The Morgan fingerprint density at radius 3 is 2.75 bits per heavy atom. The van der Waals surface area contributed by atoms with Gasteiger partial charge < -0.3 is 15.8 Å². The van der Waals surface area contributed by atoms with E-state index in [1.165, 1.54) is 12.1 Å². The van der Waals surface area contributed by atoms with Gasteiger partial charge in [0.15, 0.2) is 11.7 Å². The average Bonchev–Trinajstić information content (AvgIpc) is 2.84. The van der Waals surface area contributed by atoms with Gasteiger partial charge in [0.2, 0.25) is 5.91 Å². The normalized spacial score (nSPS) is 13.3. The molecule has 0 bridgehead atoms. The summed E-state index contributed by atoms with van der Waals surface area (Å²) in [5, 5.41) is 2.98. The van der Waals surface area contributed by atoms with E-state index in [9.17, 15) is 18.0 Å². The molecule has 0 radical (unpaired) electrons. The highest BCUT2D eigenvalue weighted by atomic mass is 32.1. The van der Waals surface area contributed by atoms with E-state index in [1.54, 1.807) is 6.07 Å². The first kappa shape index (κ1) is 18.5. The predicted octanol–water partition coefficient (Wildman–Crippen LogP) is 3.55. The number of hydrogen-bond acceptors (Lipinski definition) is 5. The number of nitrogens with one attached hydrogen (secondary N) is 1. The summed E-state index contributed by atoms with van der Waals surface area (Å²) in [6, 6.07) is 3.77. The third-order valence-corrected chi connectivity index (χ3v) is 3.99. The fourth-order valence-corrected chi connectivity index (χ4v) is 2.92. The number of rotatable bonds is 6. The zero-order valence-electron chi connectivity index (χ0n) is 13.2. The number of nitrogens with two attached hydrogens (primary N) is 1. The van der Waals surface area contributed by atoms with Gasteiger partial charge in [-0.2, -0.15) is 13.2 Å². The number of thiazole rings is 1.